The minimum absolute atomic E-state index is 0.0158. The molecule has 0 saturated heterocycles. The van der Waals surface area contributed by atoms with Gasteiger partial charge in [-0.3, -0.25) is 0 Å². The lowest BCUT2D eigenvalue weighted by Crippen LogP contribution is -2.25. The minimum atomic E-state index is -0.471. The Labute approximate surface area is 150 Å². The molecule has 3 heteroatoms. The van der Waals surface area contributed by atoms with Crippen molar-refractivity contribution in [2.45, 2.75) is 63.9 Å². The van der Waals surface area contributed by atoms with Crippen LogP contribution >= 0.6 is 0 Å². The number of hydrogen-bond donors (Lipinski definition) is 0. The summed E-state index contributed by atoms with van der Waals surface area (Å²) in [5.41, 5.74) is 0.864. The Hall–Kier alpha value is -1.22. The van der Waals surface area contributed by atoms with Gasteiger partial charge in [-0.05, 0) is 92.7 Å². The Kier molecular flexibility index (Phi) is 6.27. The van der Waals surface area contributed by atoms with Gasteiger partial charge in [0.25, 0.3) is 0 Å². The molecule has 2 aliphatic rings. The average Bonchev–Trinajstić information content (AvgIpc) is 2.65. The summed E-state index contributed by atoms with van der Waals surface area (Å²) in [6, 6.07) is 3.05. The number of benzene rings is 1. The van der Waals surface area contributed by atoms with Crippen LogP contribution in [0.25, 0.3) is 0 Å². The summed E-state index contributed by atoms with van der Waals surface area (Å²) in [6.07, 6.45) is 11.8. The second-order valence-electron chi connectivity index (χ2n) is 7.92. The topological polar surface area (TPSA) is 9.23 Å². The third-order valence-electron chi connectivity index (χ3n) is 6.51. The molecule has 2 fully saturated rings. The summed E-state index contributed by atoms with van der Waals surface area (Å²) in [7, 11) is 1.45. The van der Waals surface area contributed by atoms with Gasteiger partial charge in [-0.1, -0.05) is 6.08 Å². The first-order valence-electron chi connectivity index (χ1n) is 9.71. The Bertz CT molecular complexity index is 559. The Morgan fingerprint density at radius 1 is 0.960 bits per heavy atom. The lowest BCUT2D eigenvalue weighted by molar-refractivity contribution is 0.171. The quantitative estimate of drug-likeness (QED) is 0.561. The molecule has 3 rings (SSSR count). The van der Waals surface area contributed by atoms with Crippen molar-refractivity contribution in [2.24, 2.45) is 17.8 Å². The van der Waals surface area contributed by atoms with E-state index in [0.29, 0.717) is 11.8 Å². The van der Waals surface area contributed by atoms with E-state index in [4.69, 9.17) is 4.74 Å². The van der Waals surface area contributed by atoms with Crippen LogP contribution in [-0.2, 0) is 11.3 Å². The zero-order valence-corrected chi connectivity index (χ0v) is 15.3. The molecule has 0 bridgehead atoms. The summed E-state index contributed by atoms with van der Waals surface area (Å²) in [6.45, 7) is 3.91. The van der Waals surface area contributed by atoms with Crippen LogP contribution in [-0.4, -0.2) is 7.11 Å². The van der Waals surface area contributed by atoms with Gasteiger partial charge in [-0.15, -0.1) is 6.58 Å². The van der Waals surface area contributed by atoms with Gasteiger partial charge in [0.1, 0.15) is 11.6 Å². The van der Waals surface area contributed by atoms with E-state index in [9.17, 15) is 8.78 Å². The van der Waals surface area contributed by atoms with E-state index in [1.807, 2.05) is 0 Å². The van der Waals surface area contributed by atoms with Gasteiger partial charge in [0.15, 0.2) is 0 Å². The van der Waals surface area contributed by atoms with Gasteiger partial charge in [-0.25, -0.2) is 8.78 Å². The highest BCUT2D eigenvalue weighted by molar-refractivity contribution is 5.28. The van der Waals surface area contributed by atoms with Crippen molar-refractivity contribution in [3.8, 4) is 0 Å². The molecule has 0 N–H and O–H groups in total. The van der Waals surface area contributed by atoms with Crippen LogP contribution in [0.1, 0.15) is 68.4 Å². The molecule has 1 aromatic carbocycles. The lowest BCUT2D eigenvalue weighted by Gasteiger charge is -2.37. The average molecular weight is 348 g/mol. The summed E-state index contributed by atoms with van der Waals surface area (Å²) in [5.74, 6) is 1.70. The first-order chi connectivity index (χ1) is 12.1. The van der Waals surface area contributed by atoms with Crippen molar-refractivity contribution in [1.29, 1.82) is 0 Å². The third kappa shape index (κ3) is 4.31. The van der Waals surface area contributed by atoms with Crippen LogP contribution < -0.4 is 0 Å². The number of methoxy groups -OCH3 is 1. The maximum atomic E-state index is 14.2. The van der Waals surface area contributed by atoms with Crippen molar-refractivity contribution < 1.29 is 13.5 Å². The molecule has 25 heavy (non-hydrogen) atoms. The van der Waals surface area contributed by atoms with Gasteiger partial charge >= 0.3 is 0 Å². The van der Waals surface area contributed by atoms with Crippen LogP contribution in [0.5, 0.6) is 0 Å². The fraction of sp³-hybridized carbons (Fsp3) is 0.636. The van der Waals surface area contributed by atoms with Gasteiger partial charge in [0.2, 0.25) is 0 Å². The number of allylic oxidation sites excluding steroid dienone is 1. The van der Waals surface area contributed by atoms with Crippen LogP contribution in [0.4, 0.5) is 8.78 Å². The molecule has 138 valence electrons. The smallest absolute Gasteiger partial charge is 0.131 e. The maximum Gasteiger partial charge on any atom is 0.131 e. The SMILES string of the molecule is C=C[C@H]1CC[C@H]([C@H]2CC[C@H](c3cc(F)c(COC)c(F)c3)CC2)CC1. The zero-order chi connectivity index (χ0) is 17.8. The van der Waals surface area contributed by atoms with Crippen molar-refractivity contribution in [2.75, 3.05) is 7.11 Å². The molecule has 0 aromatic heterocycles. The fourth-order valence-corrected chi connectivity index (χ4v) is 4.92. The standard InChI is InChI=1S/C22H30F2O/c1-3-15-4-6-16(7-5-15)17-8-10-18(11-9-17)19-12-21(23)20(14-25-2)22(24)13-19/h3,12-13,15-18H,1,4-11,14H2,2H3/t15-,16-,17-,18-. The van der Waals surface area contributed by atoms with Crippen LogP contribution in [0.3, 0.4) is 0 Å². The number of hydrogen-bond acceptors (Lipinski definition) is 1. The molecule has 0 heterocycles. The van der Waals surface area contributed by atoms with E-state index in [2.05, 4.69) is 12.7 Å². The molecular weight excluding hydrogens is 318 g/mol. The number of rotatable bonds is 5. The normalized spacial score (nSPS) is 30.2. The molecule has 2 aliphatic carbocycles. The first kappa shape index (κ1) is 18.6. The van der Waals surface area contributed by atoms with Crippen molar-refractivity contribution in [3.05, 3.63) is 47.5 Å². The number of halogens is 2. The third-order valence-corrected chi connectivity index (χ3v) is 6.51. The highest BCUT2D eigenvalue weighted by Gasteiger charge is 2.31. The first-order valence-corrected chi connectivity index (χ1v) is 9.71. The summed E-state index contributed by atoms with van der Waals surface area (Å²) < 4.78 is 33.2. The van der Waals surface area contributed by atoms with Crippen molar-refractivity contribution >= 4 is 0 Å². The molecule has 0 unspecified atom stereocenters. The number of ether oxygens (including phenoxy) is 1. The molecule has 2 saturated carbocycles. The highest BCUT2D eigenvalue weighted by atomic mass is 19.1. The molecule has 1 nitrogen and oxygen atoms in total. The molecule has 0 aliphatic heterocycles. The van der Waals surface area contributed by atoms with Gasteiger partial charge < -0.3 is 4.74 Å². The van der Waals surface area contributed by atoms with Gasteiger partial charge in [0.05, 0.1) is 6.61 Å². The van der Waals surface area contributed by atoms with Crippen molar-refractivity contribution in [3.63, 3.8) is 0 Å². The second kappa shape index (κ2) is 8.44. The second-order valence-corrected chi connectivity index (χ2v) is 7.92. The predicted octanol–water partition coefficient (Wildman–Crippen LogP) is 6.38. The molecular formula is C22H30F2O. The molecule has 0 radical (unpaired) electrons. The van der Waals surface area contributed by atoms with Crippen LogP contribution in [0.2, 0.25) is 0 Å². The zero-order valence-electron chi connectivity index (χ0n) is 15.3. The van der Waals surface area contributed by atoms with E-state index < -0.39 is 11.6 Å². The van der Waals surface area contributed by atoms with Gasteiger partial charge in [-0.2, -0.15) is 0 Å². The van der Waals surface area contributed by atoms with E-state index in [1.54, 1.807) is 0 Å². The minimum Gasteiger partial charge on any atom is -0.380 e. The highest BCUT2D eigenvalue weighted by Crippen LogP contribution is 2.44. The summed E-state index contributed by atoms with van der Waals surface area (Å²) >= 11 is 0. The fourth-order valence-electron chi connectivity index (χ4n) is 4.92. The van der Waals surface area contributed by atoms with E-state index in [0.717, 1.165) is 30.2 Å². The largest absolute Gasteiger partial charge is 0.380 e. The van der Waals surface area contributed by atoms with Gasteiger partial charge in [0, 0.05) is 12.7 Å². The Morgan fingerprint density at radius 2 is 1.48 bits per heavy atom. The van der Waals surface area contributed by atoms with E-state index in [1.165, 1.54) is 57.8 Å². The summed E-state index contributed by atoms with van der Waals surface area (Å²) in [4.78, 5) is 0. The van der Waals surface area contributed by atoms with E-state index in [-0.39, 0.29) is 12.2 Å². The van der Waals surface area contributed by atoms with E-state index >= 15 is 0 Å². The van der Waals surface area contributed by atoms with Crippen LogP contribution in [0, 0.1) is 29.4 Å². The molecule has 1 aromatic rings. The summed E-state index contributed by atoms with van der Waals surface area (Å²) in [5, 5.41) is 0. The monoisotopic (exact) mass is 348 g/mol. The van der Waals surface area contributed by atoms with Crippen molar-refractivity contribution in [1.82, 2.24) is 0 Å². The predicted molar refractivity (Wildman–Crippen MR) is 97.4 cm³/mol. The maximum absolute atomic E-state index is 14.2. The molecule has 0 amide bonds. The Balaban J connectivity index is 1.58. The molecule has 0 spiro atoms. The Morgan fingerprint density at radius 3 is 1.96 bits per heavy atom. The molecule has 0 atom stereocenters. The lowest BCUT2D eigenvalue weighted by atomic mass is 9.68. The van der Waals surface area contributed by atoms with Crippen LogP contribution in [0.15, 0.2) is 24.8 Å².